The highest BCUT2D eigenvalue weighted by Gasteiger charge is 2.30. The van der Waals surface area contributed by atoms with Crippen LogP contribution in [-0.2, 0) is 9.59 Å². The molecule has 0 saturated heterocycles. The number of nitrogens with one attached hydrogen (secondary N) is 1. The number of aromatic nitrogens is 1. The topological polar surface area (TPSA) is 109 Å². The molecule has 10 heteroatoms. The van der Waals surface area contributed by atoms with Crippen molar-refractivity contribution in [3.8, 4) is 5.75 Å². The lowest BCUT2D eigenvalue weighted by atomic mass is 9.96. The predicted octanol–water partition coefficient (Wildman–Crippen LogP) is 3.07. The Kier molecular flexibility index (Phi) is 5.74. The molecule has 0 radical (unpaired) electrons. The normalized spacial score (nSPS) is 12.0. The van der Waals surface area contributed by atoms with Crippen LogP contribution in [0.2, 0.25) is 0 Å². The van der Waals surface area contributed by atoms with E-state index in [0.717, 1.165) is 22.8 Å². The maximum Gasteiger partial charge on any atom is 0.322 e. The van der Waals surface area contributed by atoms with E-state index in [-0.39, 0.29) is 27.7 Å². The number of hydrogen-bond acceptors (Lipinski definition) is 4. The Morgan fingerprint density at radius 1 is 1.16 bits per heavy atom. The maximum atomic E-state index is 14.9. The van der Waals surface area contributed by atoms with Crippen molar-refractivity contribution in [2.24, 2.45) is 0 Å². The number of fused-ring (bicyclic) bond motifs is 1. The number of aromatic hydroxyl groups is 1. The summed E-state index contributed by atoms with van der Waals surface area (Å²) in [5.41, 5.74) is -0.377. The highest BCUT2D eigenvalue weighted by atomic mass is 19.1. The van der Waals surface area contributed by atoms with E-state index in [1.165, 1.54) is 26.0 Å². The van der Waals surface area contributed by atoms with Crippen molar-refractivity contribution in [3.63, 3.8) is 0 Å². The third kappa shape index (κ3) is 3.83. The number of phenolic OH excluding ortho intramolecular Hbond substituents is 1. The Labute approximate surface area is 173 Å². The van der Waals surface area contributed by atoms with Crippen LogP contribution in [0.1, 0.15) is 34.5 Å². The van der Waals surface area contributed by atoms with Crippen molar-refractivity contribution in [1.82, 2.24) is 9.88 Å². The predicted molar refractivity (Wildman–Crippen MR) is 103 cm³/mol. The van der Waals surface area contributed by atoms with Crippen molar-refractivity contribution < 1.29 is 37.8 Å². The first-order valence-corrected chi connectivity index (χ1v) is 9.06. The molecule has 0 aliphatic heterocycles. The summed E-state index contributed by atoms with van der Waals surface area (Å²) >= 11 is 0. The highest BCUT2D eigenvalue weighted by Crippen LogP contribution is 2.38. The molecule has 1 amide bonds. The number of carboxylic acids is 1. The number of aliphatic carboxylic acids is 1. The van der Waals surface area contributed by atoms with Crippen molar-refractivity contribution >= 4 is 28.7 Å². The first kappa shape index (κ1) is 21.9. The molecular weight excluding hydrogens is 417 g/mol. The molecule has 2 aromatic carbocycles. The summed E-state index contributed by atoms with van der Waals surface area (Å²) in [5.74, 6) is -8.75. The first-order valence-electron chi connectivity index (χ1n) is 9.06. The zero-order valence-corrected chi connectivity index (χ0v) is 16.4. The molecule has 0 saturated carbocycles. The molecule has 0 aliphatic carbocycles. The van der Waals surface area contributed by atoms with E-state index < -0.39 is 53.4 Å². The summed E-state index contributed by atoms with van der Waals surface area (Å²) in [6.07, 6.45) is 0. The number of carbonyl (C=O) groups is 3. The van der Waals surface area contributed by atoms with Crippen LogP contribution in [0.3, 0.4) is 0 Å². The van der Waals surface area contributed by atoms with Gasteiger partial charge in [-0.25, -0.2) is 13.2 Å². The molecule has 0 aliphatic rings. The summed E-state index contributed by atoms with van der Waals surface area (Å²) in [5, 5.41) is 20.3. The highest BCUT2D eigenvalue weighted by molar-refractivity contribution is 6.06. The lowest BCUT2D eigenvalue weighted by Gasteiger charge is -2.13. The van der Waals surface area contributed by atoms with Crippen LogP contribution >= 0.6 is 0 Å². The Morgan fingerprint density at radius 3 is 2.45 bits per heavy atom. The number of hydrogen-bond donors (Lipinski definition) is 3. The molecule has 0 unspecified atom stereocenters. The van der Waals surface area contributed by atoms with E-state index in [1.54, 1.807) is 0 Å². The van der Waals surface area contributed by atoms with E-state index in [9.17, 15) is 32.7 Å². The lowest BCUT2D eigenvalue weighted by Crippen LogP contribution is -2.32. The van der Waals surface area contributed by atoms with Gasteiger partial charge in [-0.3, -0.25) is 19.0 Å². The van der Waals surface area contributed by atoms with Gasteiger partial charge in [-0.1, -0.05) is 6.07 Å². The Hall–Kier alpha value is -3.82. The molecule has 3 rings (SSSR count). The van der Waals surface area contributed by atoms with Gasteiger partial charge in [-0.15, -0.1) is 0 Å². The molecule has 3 aromatic rings. The van der Waals surface area contributed by atoms with Gasteiger partial charge in [0.2, 0.25) is 5.91 Å². The second-order valence-corrected chi connectivity index (χ2v) is 6.90. The van der Waals surface area contributed by atoms with Gasteiger partial charge in [0.05, 0.1) is 11.4 Å². The Bertz CT molecular complexity index is 1240. The SMILES string of the molecule is Cc1c([C@H](C)C(=O)NCC(=O)O)c2c(F)c(O)c(F)cc2n1C(=O)c1cccc(F)c1. The van der Waals surface area contributed by atoms with Crippen LogP contribution in [-0.4, -0.2) is 39.1 Å². The van der Waals surface area contributed by atoms with Crippen LogP contribution in [0.25, 0.3) is 10.9 Å². The lowest BCUT2D eigenvalue weighted by molar-refractivity contribution is -0.138. The zero-order valence-electron chi connectivity index (χ0n) is 16.4. The monoisotopic (exact) mass is 434 g/mol. The fourth-order valence-corrected chi connectivity index (χ4v) is 3.50. The molecular formula is C21H17F3N2O5. The molecule has 1 atom stereocenters. The minimum Gasteiger partial charge on any atom is -0.503 e. The minimum absolute atomic E-state index is 0.0459. The summed E-state index contributed by atoms with van der Waals surface area (Å²) < 4.78 is 43.5. The van der Waals surface area contributed by atoms with Crippen LogP contribution in [0.4, 0.5) is 13.2 Å². The number of benzene rings is 2. The molecule has 0 fully saturated rings. The number of phenols is 1. The second kappa shape index (κ2) is 8.13. The molecule has 162 valence electrons. The molecule has 1 heterocycles. The van der Waals surface area contributed by atoms with E-state index in [2.05, 4.69) is 5.32 Å². The average Bonchev–Trinajstić information content (AvgIpc) is 3.00. The largest absolute Gasteiger partial charge is 0.503 e. The fourth-order valence-electron chi connectivity index (χ4n) is 3.50. The smallest absolute Gasteiger partial charge is 0.322 e. The van der Waals surface area contributed by atoms with E-state index >= 15 is 0 Å². The Morgan fingerprint density at radius 2 is 1.84 bits per heavy atom. The van der Waals surface area contributed by atoms with Gasteiger partial charge in [0, 0.05) is 22.7 Å². The molecule has 31 heavy (non-hydrogen) atoms. The number of amides is 1. The van der Waals surface area contributed by atoms with Gasteiger partial charge >= 0.3 is 5.97 Å². The van der Waals surface area contributed by atoms with Crippen molar-refractivity contribution in [1.29, 1.82) is 0 Å². The van der Waals surface area contributed by atoms with E-state index in [4.69, 9.17) is 5.11 Å². The second-order valence-electron chi connectivity index (χ2n) is 6.90. The molecule has 1 aromatic heterocycles. The summed E-state index contributed by atoms with van der Waals surface area (Å²) in [6, 6.07) is 5.41. The maximum absolute atomic E-state index is 14.9. The van der Waals surface area contributed by atoms with Crippen LogP contribution < -0.4 is 5.32 Å². The van der Waals surface area contributed by atoms with Gasteiger partial charge in [0.1, 0.15) is 12.4 Å². The standard InChI is InChI=1S/C21H17F3N2O5/c1-9(20(30)25-8-15(27)28)16-10(2)26(21(31)11-4-3-5-12(22)6-11)14-7-13(23)19(29)18(24)17(14)16/h3-7,9,29H,8H2,1-2H3,(H,25,30)(H,27,28)/t9-/m0/s1. The number of carbonyl (C=O) groups excluding carboxylic acids is 2. The fraction of sp³-hybridized carbons (Fsp3) is 0.190. The number of carboxylic acid groups (broad SMARTS) is 1. The number of halogens is 3. The summed E-state index contributed by atoms with van der Waals surface area (Å²) in [4.78, 5) is 36.2. The van der Waals surface area contributed by atoms with E-state index in [1.807, 2.05) is 0 Å². The third-order valence-corrected chi connectivity index (χ3v) is 4.92. The van der Waals surface area contributed by atoms with Crippen LogP contribution in [0.5, 0.6) is 5.75 Å². The van der Waals surface area contributed by atoms with Gasteiger partial charge in [-0.05, 0) is 37.6 Å². The van der Waals surface area contributed by atoms with Gasteiger partial charge < -0.3 is 15.5 Å². The van der Waals surface area contributed by atoms with Gasteiger partial charge in [0.25, 0.3) is 5.91 Å². The zero-order chi connectivity index (χ0) is 23.0. The molecule has 0 bridgehead atoms. The summed E-state index contributed by atoms with van der Waals surface area (Å²) in [7, 11) is 0. The first-order chi connectivity index (χ1) is 14.5. The molecule has 7 nitrogen and oxygen atoms in total. The van der Waals surface area contributed by atoms with Gasteiger partial charge in [-0.2, -0.15) is 0 Å². The van der Waals surface area contributed by atoms with Crippen molar-refractivity contribution in [2.75, 3.05) is 6.54 Å². The van der Waals surface area contributed by atoms with Crippen molar-refractivity contribution in [2.45, 2.75) is 19.8 Å². The molecule has 3 N–H and O–H groups in total. The third-order valence-electron chi connectivity index (χ3n) is 4.92. The van der Waals surface area contributed by atoms with Crippen LogP contribution in [0, 0.1) is 24.4 Å². The average molecular weight is 434 g/mol. The van der Waals surface area contributed by atoms with Crippen molar-refractivity contribution in [3.05, 3.63) is 64.6 Å². The number of nitrogens with zero attached hydrogens (tertiary/aromatic N) is 1. The Balaban J connectivity index is 2.27. The van der Waals surface area contributed by atoms with E-state index in [0.29, 0.717) is 0 Å². The minimum atomic E-state index is -1.38. The molecule has 0 spiro atoms. The number of rotatable bonds is 5. The summed E-state index contributed by atoms with van der Waals surface area (Å²) in [6.45, 7) is 2.03. The van der Waals surface area contributed by atoms with Crippen LogP contribution in [0.15, 0.2) is 30.3 Å². The van der Waals surface area contributed by atoms with Gasteiger partial charge in [0.15, 0.2) is 17.4 Å². The quantitative estimate of drug-likeness (QED) is 0.572.